The van der Waals surface area contributed by atoms with E-state index in [0.717, 1.165) is 11.6 Å². The van der Waals surface area contributed by atoms with Gasteiger partial charge in [0.05, 0.1) is 38.1 Å². The maximum atomic E-state index is 14.1. The Morgan fingerprint density at radius 1 is 1.20 bits per heavy atom. The van der Waals surface area contributed by atoms with Crippen LogP contribution in [0.2, 0.25) is 0 Å². The van der Waals surface area contributed by atoms with E-state index in [1.165, 1.54) is 24.4 Å². The van der Waals surface area contributed by atoms with E-state index >= 15 is 0 Å². The molecule has 3 rings (SSSR count). The van der Waals surface area contributed by atoms with Crippen molar-refractivity contribution in [2.45, 2.75) is 13.1 Å². The minimum absolute atomic E-state index is 0.0308. The Morgan fingerprint density at radius 2 is 2.03 bits per heavy atom. The molecule has 2 aromatic heterocycles. The van der Waals surface area contributed by atoms with Crippen molar-refractivity contribution in [2.75, 3.05) is 26.4 Å². The molecule has 2 heterocycles. The van der Waals surface area contributed by atoms with E-state index in [4.69, 9.17) is 15.1 Å². The summed E-state index contributed by atoms with van der Waals surface area (Å²) < 4.78 is 34.3. The lowest BCUT2D eigenvalue weighted by Gasteiger charge is -2.07. The van der Waals surface area contributed by atoms with Crippen LogP contribution in [0.15, 0.2) is 36.7 Å². The first-order valence-corrected chi connectivity index (χ1v) is 9.29. The molecule has 30 heavy (non-hydrogen) atoms. The average molecular weight is 420 g/mol. The zero-order valence-corrected chi connectivity index (χ0v) is 16.1. The number of carbonyl (C=O) groups is 1. The number of fused-ring (bicyclic) bond motifs is 1. The molecule has 4 N–H and O–H groups in total. The number of nitrogens with one attached hydrogen (secondary N) is 2. The topological polar surface area (TPSA) is 109 Å². The van der Waals surface area contributed by atoms with E-state index in [9.17, 15) is 13.6 Å². The van der Waals surface area contributed by atoms with Crippen LogP contribution < -0.4 is 10.8 Å². The number of halogens is 2. The van der Waals surface area contributed by atoms with E-state index < -0.39 is 17.5 Å². The first-order valence-electron chi connectivity index (χ1n) is 9.29. The fraction of sp³-hybridized carbons (Fsp3) is 0.300. The molecule has 0 aliphatic carbocycles. The number of aromatic nitrogens is 2. The van der Waals surface area contributed by atoms with Gasteiger partial charge >= 0.3 is 0 Å². The molecule has 0 saturated heterocycles. The summed E-state index contributed by atoms with van der Waals surface area (Å²) in [6.07, 6.45) is 3.27. The number of pyridine rings is 1. The summed E-state index contributed by atoms with van der Waals surface area (Å²) in [6, 6.07) is 4.95. The lowest BCUT2D eigenvalue weighted by molar-refractivity contribution is 0.0701. The van der Waals surface area contributed by atoms with Gasteiger partial charge in [-0.15, -0.1) is 0 Å². The van der Waals surface area contributed by atoms with Gasteiger partial charge in [0.2, 0.25) is 0 Å². The molecule has 1 amide bonds. The van der Waals surface area contributed by atoms with E-state index in [-0.39, 0.29) is 25.5 Å². The Morgan fingerprint density at radius 3 is 2.77 bits per heavy atom. The molecule has 10 heteroatoms. The number of carbonyl (C=O) groups excluding carboxylic acids is 1. The van der Waals surface area contributed by atoms with Crippen LogP contribution in [0.4, 0.5) is 8.78 Å². The third-order valence-electron chi connectivity index (χ3n) is 4.51. The number of aliphatic hydroxyl groups excluding tert-OH is 1. The standard InChI is InChI=1S/C20H22F2N4O4/c21-15-2-1-13(17(22)7-15)11-26-12-14(9-23-3-5-30-6-4-27)16-8-18(20(28)25-29)24-10-19(16)26/h1-2,7-8,10,12,23,27,29H,3-6,9,11H2,(H,25,28). The first kappa shape index (κ1) is 21.8. The summed E-state index contributed by atoms with van der Waals surface area (Å²) in [5.74, 6) is -2.05. The Kier molecular flexibility index (Phi) is 7.41. The number of amides is 1. The highest BCUT2D eigenvalue weighted by Gasteiger charge is 2.15. The number of hydrogen-bond acceptors (Lipinski definition) is 6. The van der Waals surface area contributed by atoms with Crippen LogP contribution in [-0.2, 0) is 17.8 Å². The maximum absolute atomic E-state index is 14.1. The summed E-state index contributed by atoms with van der Waals surface area (Å²) >= 11 is 0. The van der Waals surface area contributed by atoms with Gasteiger partial charge in [-0.3, -0.25) is 10.0 Å². The lowest BCUT2D eigenvalue weighted by Crippen LogP contribution is -2.20. The van der Waals surface area contributed by atoms with Gasteiger partial charge < -0.3 is 19.7 Å². The number of rotatable bonds is 10. The van der Waals surface area contributed by atoms with Gasteiger partial charge in [0, 0.05) is 36.3 Å². The van der Waals surface area contributed by atoms with Gasteiger partial charge in [-0.05, 0) is 17.7 Å². The second kappa shape index (κ2) is 10.2. The molecule has 0 aliphatic rings. The van der Waals surface area contributed by atoms with Crippen LogP contribution in [-0.4, -0.2) is 52.1 Å². The Hall–Kier alpha value is -2.92. The van der Waals surface area contributed by atoms with E-state index in [0.29, 0.717) is 36.2 Å². The number of hydrogen-bond donors (Lipinski definition) is 4. The third kappa shape index (κ3) is 5.16. The predicted molar refractivity (Wildman–Crippen MR) is 104 cm³/mol. The fourth-order valence-electron chi connectivity index (χ4n) is 3.08. The molecule has 8 nitrogen and oxygen atoms in total. The maximum Gasteiger partial charge on any atom is 0.293 e. The minimum Gasteiger partial charge on any atom is -0.394 e. The molecule has 0 fully saturated rings. The highest BCUT2D eigenvalue weighted by atomic mass is 19.1. The number of ether oxygens (including phenoxy) is 1. The highest BCUT2D eigenvalue weighted by molar-refractivity contribution is 5.96. The van der Waals surface area contributed by atoms with E-state index in [1.54, 1.807) is 16.2 Å². The highest BCUT2D eigenvalue weighted by Crippen LogP contribution is 2.24. The quantitative estimate of drug-likeness (QED) is 0.225. The molecule has 160 valence electrons. The first-order chi connectivity index (χ1) is 14.5. The summed E-state index contributed by atoms with van der Waals surface area (Å²) in [5, 5.41) is 21.5. The molecule has 0 bridgehead atoms. The smallest absolute Gasteiger partial charge is 0.293 e. The molecule has 0 spiro atoms. The average Bonchev–Trinajstić information content (AvgIpc) is 3.08. The summed E-state index contributed by atoms with van der Waals surface area (Å²) in [4.78, 5) is 15.8. The van der Waals surface area contributed by atoms with Gasteiger partial charge in [0.25, 0.3) is 5.91 Å². The van der Waals surface area contributed by atoms with Crippen molar-refractivity contribution in [3.63, 3.8) is 0 Å². The SMILES string of the molecule is O=C(NO)c1cc2c(CNCCOCCO)cn(Cc3ccc(F)cc3F)c2cn1. The lowest BCUT2D eigenvalue weighted by atomic mass is 10.1. The summed E-state index contributed by atoms with van der Waals surface area (Å²) in [7, 11) is 0. The molecule has 0 atom stereocenters. The molecular weight excluding hydrogens is 398 g/mol. The summed E-state index contributed by atoms with van der Waals surface area (Å²) in [6.45, 7) is 1.75. The van der Waals surface area contributed by atoms with Crippen molar-refractivity contribution in [3.8, 4) is 0 Å². The molecule has 0 aliphatic heterocycles. The molecule has 0 unspecified atom stereocenters. The van der Waals surface area contributed by atoms with Gasteiger partial charge in [-0.25, -0.2) is 19.2 Å². The van der Waals surface area contributed by atoms with Crippen molar-refractivity contribution in [3.05, 3.63) is 65.1 Å². The number of aliphatic hydroxyl groups is 1. The van der Waals surface area contributed by atoms with Gasteiger partial charge in [-0.2, -0.15) is 0 Å². The second-order valence-electron chi connectivity index (χ2n) is 6.56. The zero-order valence-electron chi connectivity index (χ0n) is 16.1. The van der Waals surface area contributed by atoms with Crippen LogP contribution in [0.1, 0.15) is 21.6 Å². The van der Waals surface area contributed by atoms with Crippen molar-refractivity contribution in [1.82, 2.24) is 20.3 Å². The van der Waals surface area contributed by atoms with E-state index in [2.05, 4.69) is 10.3 Å². The Bertz CT molecular complexity index is 1030. The molecular formula is C20H22F2N4O4. The van der Waals surface area contributed by atoms with Crippen LogP contribution in [0.5, 0.6) is 0 Å². The normalized spacial score (nSPS) is 11.2. The molecule has 0 saturated carbocycles. The number of benzene rings is 1. The van der Waals surface area contributed by atoms with Crippen LogP contribution >= 0.6 is 0 Å². The fourth-order valence-corrected chi connectivity index (χ4v) is 3.08. The molecule has 1 aromatic carbocycles. The van der Waals surface area contributed by atoms with Crippen LogP contribution in [0, 0.1) is 11.6 Å². The molecule has 0 radical (unpaired) electrons. The second-order valence-corrected chi connectivity index (χ2v) is 6.56. The van der Waals surface area contributed by atoms with Crippen molar-refractivity contribution in [2.24, 2.45) is 0 Å². The molecule has 3 aromatic rings. The monoisotopic (exact) mass is 420 g/mol. The number of nitrogens with zero attached hydrogens (tertiary/aromatic N) is 2. The van der Waals surface area contributed by atoms with Crippen LogP contribution in [0.3, 0.4) is 0 Å². The van der Waals surface area contributed by atoms with Crippen molar-refractivity contribution in [1.29, 1.82) is 0 Å². The summed E-state index contributed by atoms with van der Waals surface area (Å²) in [5.41, 5.74) is 3.37. The Balaban J connectivity index is 1.87. The minimum atomic E-state index is -0.745. The Labute approximate surface area is 171 Å². The number of hydroxylamine groups is 1. The van der Waals surface area contributed by atoms with Crippen LogP contribution in [0.25, 0.3) is 10.9 Å². The van der Waals surface area contributed by atoms with Gasteiger partial charge in [0.1, 0.15) is 17.3 Å². The van der Waals surface area contributed by atoms with E-state index in [1.807, 2.05) is 0 Å². The van der Waals surface area contributed by atoms with Crippen molar-refractivity contribution >= 4 is 16.8 Å². The van der Waals surface area contributed by atoms with Crippen molar-refractivity contribution < 1.29 is 28.6 Å². The zero-order chi connectivity index (χ0) is 21.5. The van der Waals surface area contributed by atoms with Gasteiger partial charge in [0.15, 0.2) is 0 Å². The predicted octanol–water partition coefficient (Wildman–Crippen LogP) is 1.58. The third-order valence-corrected chi connectivity index (χ3v) is 4.51. The van der Waals surface area contributed by atoms with Gasteiger partial charge in [-0.1, -0.05) is 6.07 Å². The largest absolute Gasteiger partial charge is 0.394 e.